The molecule has 0 saturated heterocycles. The first-order valence-electron chi connectivity index (χ1n) is 1.60. The van der Waals surface area contributed by atoms with Crippen LogP contribution < -0.4 is 0 Å². The van der Waals surface area contributed by atoms with E-state index in [1.807, 2.05) is 0 Å². The van der Waals surface area contributed by atoms with Crippen molar-refractivity contribution >= 4 is 19.5 Å². The molecule has 0 fully saturated rings. The van der Waals surface area contributed by atoms with Crippen LogP contribution in [0.1, 0.15) is 6.92 Å². The van der Waals surface area contributed by atoms with Crippen molar-refractivity contribution in [1.29, 1.82) is 0 Å². The van der Waals surface area contributed by atoms with Gasteiger partial charge in [0.15, 0.2) is 0 Å². The number of thiol groups is 1. The molecule has 6 heteroatoms. The van der Waals surface area contributed by atoms with Gasteiger partial charge in [0.2, 0.25) is 6.43 Å². The maximum Gasteiger partial charge on any atom is 0.579 e. The highest BCUT2D eigenvalue weighted by atomic mass is 32.7. The summed E-state index contributed by atoms with van der Waals surface area (Å²) in [5.74, 6) is 0. The summed E-state index contributed by atoms with van der Waals surface area (Å²) in [6.45, 7) is 0.833. The zero-order valence-corrected chi connectivity index (χ0v) is 5.87. The van der Waals surface area contributed by atoms with Crippen LogP contribution in [0.25, 0.3) is 0 Å². The van der Waals surface area contributed by atoms with E-state index < -0.39 is 13.7 Å². The minimum Gasteiger partial charge on any atom is -0.211 e. The van der Waals surface area contributed by atoms with E-state index >= 15 is 0 Å². The molecule has 0 spiro atoms. The molecule has 1 unspecified atom stereocenters. The molecule has 0 aromatic rings. The predicted molar refractivity (Wildman–Crippen MR) is 30.5 cm³/mol. The summed E-state index contributed by atoms with van der Waals surface area (Å²) in [6, 6.07) is 0. The second-order valence-corrected chi connectivity index (χ2v) is 2.30. The van der Waals surface area contributed by atoms with Gasteiger partial charge in [0.1, 0.15) is 12.2 Å². The Morgan fingerprint density at radius 2 is 1.75 bits per heavy atom. The largest absolute Gasteiger partial charge is 0.579 e. The molecule has 0 rings (SSSR count). The number of hydrogen-bond donors (Lipinski definition) is 2. The van der Waals surface area contributed by atoms with Crippen molar-refractivity contribution in [3.8, 4) is 0 Å². The van der Waals surface area contributed by atoms with Gasteiger partial charge in [-0.25, -0.2) is 8.78 Å². The topological polar surface area (TPSA) is 37.3 Å². The van der Waals surface area contributed by atoms with Gasteiger partial charge in [0.25, 0.3) is 0 Å². The van der Waals surface area contributed by atoms with Crippen molar-refractivity contribution < 1.29 is 18.2 Å². The highest BCUT2D eigenvalue weighted by molar-refractivity contribution is 8.38. The minimum atomic E-state index is -2.18. The van der Waals surface area contributed by atoms with Crippen molar-refractivity contribution in [2.45, 2.75) is 13.3 Å². The zero-order valence-electron chi connectivity index (χ0n) is 4.08. The quantitative estimate of drug-likeness (QED) is 0.422. The van der Waals surface area contributed by atoms with Crippen LogP contribution in [0.5, 0.6) is 0 Å². The average molecular weight is 163 g/mol. The first-order chi connectivity index (χ1) is 3.46. The lowest BCUT2D eigenvalue weighted by Crippen LogP contribution is -1.69. The molecule has 1 N–H and O–H groups in total. The Hall–Kier alpha value is 0.270. The summed E-state index contributed by atoms with van der Waals surface area (Å²) in [7, 11) is -2.18. The van der Waals surface area contributed by atoms with Crippen LogP contribution in [-0.4, -0.2) is 11.3 Å². The summed E-state index contributed by atoms with van der Waals surface area (Å²) >= 11 is 3.03. The van der Waals surface area contributed by atoms with Crippen molar-refractivity contribution in [1.82, 2.24) is 0 Å². The summed E-state index contributed by atoms with van der Waals surface area (Å²) in [4.78, 5) is 7.43. The number of hydrogen-bond acceptors (Lipinski definition) is 1. The molecule has 0 aromatic carbocycles. The van der Waals surface area contributed by atoms with E-state index in [0.717, 1.165) is 6.92 Å². The van der Waals surface area contributed by atoms with Crippen LogP contribution >= 0.6 is 19.5 Å². The Kier molecular flexibility index (Phi) is 10.1. The maximum atomic E-state index is 10.3. The summed E-state index contributed by atoms with van der Waals surface area (Å²) in [5.41, 5.74) is 0. The Bertz CT molecular complexity index is 62.3. The zero-order chi connectivity index (χ0) is 7.15. The minimum absolute atomic E-state index is 0.833. The van der Waals surface area contributed by atoms with E-state index in [9.17, 15) is 8.78 Å². The van der Waals surface area contributed by atoms with Crippen LogP contribution in [0, 0.1) is 0 Å². The summed E-state index contributed by atoms with van der Waals surface area (Å²) in [6.07, 6.45) is -2.17. The number of rotatable bonds is 0. The van der Waals surface area contributed by atoms with Crippen molar-refractivity contribution in [3.63, 3.8) is 0 Å². The fourth-order valence-electron chi connectivity index (χ4n) is 0. The summed E-state index contributed by atoms with van der Waals surface area (Å²) < 4.78 is 29.7. The third-order valence-corrected chi connectivity index (χ3v) is 0. The molecule has 0 amide bonds. The Morgan fingerprint density at radius 3 is 1.75 bits per heavy atom. The van der Waals surface area contributed by atoms with Gasteiger partial charge in [-0.2, -0.15) is 4.89 Å². The second kappa shape index (κ2) is 7.27. The Labute approximate surface area is 51.9 Å². The SMILES string of the molecule is CC(F)F.O=[P+](O)S. The summed E-state index contributed by atoms with van der Waals surface area (Å²) in [5, 5.41) is 0. The molecule has 0 aliphatic rings. The maximum absolute atomic E-state index is 10.3. The molecule has 50 valence electrons. The monoisotopic (exact) mass is 163 g/mol. The predicted octanol–water partition coefficient (Wildman–Crippen LogP) is 1.84. The van der Waals surface area contributed by atoms with E-state index in [2.05, 4.69) is 12.2 Å². The van der Waals surface area contributed by atoms with Crippen LogP contribution in [0.4, 0.5) is 8.78 Å². The van der Waals surface area contributed by atoms with E-state index in [1.54, 1.807) is 0 Å². The third-order valence-electron chi connectivity index (χ3n) is 0. The highest BCUT2D eigenvalue weighted by Crippen LogP contribution is 2.16. The van der Waals surface area contributed by atoms with E-state index in [-0.39, 0.29) is 0 Å². The first-order valence-corrected chi connectivity index (χ1v) is 3.96. The lowest BCUT2D eigenvalue weighted by atomic mass is 10.9. The molecule has 2 nitrogen and oxygen atoms in total. The fourth-order valence-corrected chi connectivity index (χ4v) is 0. The molecular weight excluding hydrogens is 157 g/mol. The van der Waals surface area contributed by atoms with Crippen LogP contribution in [0.2, 0.25) is 0 Å². The third kappa shape index (κ3) is 2390. The number of halogens is 2. The van der Waals surface area contributed by atoms with Gasteiger partial charge in [-0.15, -0.1) is 0 Å². The van der Waals surface area contributed by atoms with Crippen LogP contribution in [0.15, 0.2) is 0 Å². The molecular formula is C2H6F2O2PS+. The Balaban J connectivity index is 0. The van der Waals surface area contributed by atoms with Gasteiger partial charge >= 0.3 is 7.23 Å². The van der Waals surface area contributed by atoms with Gasteiger partial charge in [-0.1, -0.05) is 0 Å². The molecule has 0 radical (unpaired) electrons. The molecule has 1 atom stereocenters. The molecule has 0 saturated carbocycles. The van der Waals surface area contributed by atoms with Gasteiger partial charge in [-0.3, -0.25) is 0 Å². The van der Waals surface area contributed by atoms with Crippen LogP contribution in [-0.2, 0) is 4.57 Å². The fraction of sp³-hybridized carbons (Fsp3) is 1.00. The molecule has 0 heterocycles. The number of alkyl halides is 2. The van der Waals surface area contributed by atoms with Gasteiger partial charge < -0.3 is 0 Å². The van der Waals surface area contributed by atoms with Crippen molar-refractivity contribution in [2.75, 3.05) is 0 Å². The molecule has 8 heavy (non-hydrogen) atoms. The van der Waals surface area contributed by atoms with E-state index in [1.165, 1.54) is 0 Å². The average Bonchev–Trinajstić information content (AvgIpc) is 1.25. The lowest BCUT2D eigenvalue weighted by Gasteiger charge is -1.70. The van der Waals surface area contributed by atoms with E-state index in [0.29, 0.717) is 0 Å². The van der Waals surface area contributed by atoms with Crippen molar-refractivity contribution in [3.05, 3.63) is 0 Å². The van der Waals surface area contributed by atoms with Gasteiger partial charge in [-0.05, 0) is 11.5 Å². The highest BCUT2D eigenvalue weighted by Gasteiger charge is 1.90. The lowest BCUT2D eigenvalue weighted by molar-refractivity contribution is 0.171. The molecule has 0 aliphatic heterocycles. The standard InChI is InChI=1S/C2H4F2.HO2PS/c1-2(3)4;1-3(2)4/h2H,1H3;(H-,1,2,4)/p+1. The normalized spacial score (nSPS) is 10.0. The van der Waals surface area contributed by atoms with Crippen LogP contribution in [0.3, 0.4) is 0 Å². The Morgan fingerprint density at radius 1 is 1.75 bits per heavy atom. The second-order valence-electron chi connectivity index (χ2n) is 0.772. The first kappa shape index (κ1) is 11.1. The van der Waals surface area contributed by atoms with Crippen molar-refractivity contribution in [2.24, 2.45) is 0 Å². The molecule has 0 aromatic heterocycles. The van der Waals surface area contributed by atoms with E-state index in [4.69, 9.17) is 9.46 Å². The molecule has 0 bridgehead atoms. The molecule has 0 aliphatic carbocycles. The van der Waals surface area contributed by atoms with Gasteiger partial charge in [0, 0.05) is 0 Å². The van der Waals surface area contributed by atoms with Gasteiger partial charge in [0.05, 0.1) is 0 Å². The smallest absolute Gasteiger partial charge is 0.211 e.